The Morgan fingerprint density at radius 1 is 1.37 bits per heavy atom. The van der Waals surface area contributed by atoms with Crippen molar-refractivity contribution in [1.82, 2.24) is 20.0 Å². The van der Waals surface area contributed by atoms with Crippen LogP contribution in [0.2, 0.25) is 5.02 Å². The van der Waals surface area contributed by atoms with Gasteiger partial charge in [-0.25, -0.2) is 4.99 Å². The number of rotatable bonds is 8. The van der Waals surface area contributed by atoms with E-state index in [-0.39, 0.29) is 0 Å². The molecule has 0 atom stereocenters. The maximum Gasteiger partial charge on any atom is 0.194 e. The lowest BCUT2D eigenvalue weighted by Gasteiger charge is -2.22. The van der Waals surface area contributed by atoms with E-state index in [4.69, 9.17) is 21.3 Å². The van der Waals surface area contributed by atoms with E-state index in [1.807, 2.05) is 36.9 Å². The molecule has 0 fully saturated rings. The van der Waals surface area contributed by atoms with Gasteiger partial charge in [0.05, 0.1) is 25.4 Å². The first-order chi connectivity index (χ1) is 13.0. The maximum atomic E-state index is 6.10. The number of nitrogens with zero attached hydrogens (tertiary/aromatic N) is 4. The summed E-state index contributed by atoms with van der Waals surface area (Å²) in [5.41, 5.74) is 4.47. The Hall–Kier alpha value is -2.05. The second kappa shape index (κ2) is 10.3. The van der Waals surface area contributed by atoms with Gasteiger partial charge in [0, 0.05) is 43.5 Å². The smallest absolute Gasteiger partial charge is 0.194 e. The summed E-state index contributed by atoms with van der Waals surface area (Å²) in [7, 11) is 3.74. The Labute approximate surface area is 167 Å². The third-order valence-corrected chi connectivity index (χ3v) is 4.67. The molecule has 0 spiro atoms. The van der Waals surface area contributed by atoms with Gasteiger partial charge in [0.25, 0.3) is 0 Å². The molecular weight excluding hydrogens is 362 g/mol. The predicted molar refractivity (Wildman–Crippen MR) is 111 cm³/mol. The fourth-order valence-corrected chi connectivity index (χ4v) is 3.18. The average molecular weight is 392 g/mol. The fraction of sp³-hybridized carbons (Fsp3) is 0.500. The van der Waals surface area contributed by atoms with E-state index in [0.29, 0.717) is 13.2 Å². The maximum absolute atomic E-state index is 6.10. The normalized spacial score (nSPS) is 11.7. The molecule has 1 aromatic heterocycles. The summed E-state index contributed by atoms with van der Waals surface area (Å²) in [6.07, 6.45) is 0. The quantitative estimate of drug-likeness (QED) is 0.553. The van der Waals surface area contributed by atoms with Crippen molar-refractivity contribution in [3.05, 3.63) is 51.8 Å². The Balaban J connectivity index is 2.14. The molecule has 6 nitrogen and oxygen atoms in total. The van der Waals surface area contributed by atoms with Gasteiger partial charge in [0.2, 0.25) is 0 Å². The van der Waals surface area contributed by atoms with Crippen LogP contribution in [0, 0.1) is 13.8 Å². The molecule has 148 valence electrons. The van der Waals surface area contributed by atoms with Crippen molar-refractivity contribution < 1.29 is 4.74 Å². The van der Waals surface area contributed by atoms with Crippen molar-refractivity contribution >= 4 is 17.6 Å². The average Bonchev–Trinajstić information content (AvgIpc) is 2.90. The van der Waals surface area contributed by atoms with Gasteiger partial charge in [-0.2, -0.15) is 5.10 Å². The molecular formula is C20H30ClN5O. The number of methoxy groups -OCH3 is 1. The van der Waals surface area contributed by atoms with E-state index in [2.05, 4.69) is 35.2 Å². The Morgan fingerprint density at radius 3 is 2.81 bits per heavy atom. The summed E-state index contributed by atoms with van der Waals surface area (Å²) in [4.78, 5) is 6.94. The molecule has 7 heteroatoms. The molecule has 1 heterocycles. The highest BCUT2D eigenvalue weighted by Crippen LogP contribution is 2.15. The van der Waals surface area contributed by atoms with Crippen LogP contribution in [0.15, 0.2) is 29.3 Å². The lowest BCUT2D eigenvalue weighted by Crippen LogP contribution is -2.38. The van der Waals surface area contributed by atoms with Gasteiger partial charge in [-0.3, -0.25) is 4.68 Å². The van der Waals surface area contributed by atoms with Crippen molar-refractivity contribution in [2.45, 2.75) is 40.4 Å². The van der Waals surface area contributed by atoms with Crippen molar-refractivity contribution in [1.29, 1.82) is 0 Å². The van der Waals surface area contributed by atoms with Crippen LogP contribution in [-0.2, 0) is 24.4 Å². The Bertz CT molecular complexity index is 772. The van der Waals surface area contributed by atoms with Crippen molar-refractivity contribution in [2.75, 3.05) is 27.3 Å². The number of aromatic nitrogens is 2. The molecule has 0 aliphatic rings. The highest BCUT2D eigenvalue weighted by Gasteiger charge is 2.12. The largest absolute Gasteiger partial charge is 0.383 e. The summed E-state index contributed by atoms with van der Waals surface area (Å²) >= 11 is 6.10. The van der Waals surface area contributed by atoms with Crippen LogP contribution in [-0.4, -0.2) is 47.9 Å². The first kappa shape index (κ1) is 21.3. The minimum Gasteiger partial charge on any atom is -0.383 e. The monoisotopic (exact) mass is 391 g/mol. The first-order valence-electron chi connectivity index (χ1n) is 9.22. The number of guanidine groups is 1. The second-order valence-corrected chi connectivity index (χ2v) is 6.96. The summed E-state index contributed by atoms with van der Waals surface area (Å²) < 4.78 is 7.15. The molecule has 0 bridgehead atoms. The van der Waals surface area contributed by atoms with Crippen LogP contribution < -0.4 is 5.32 Å². The van der Waals surface area contributed by atoms with Crippen molar-refractivity contribution in [2.24, 2.45) is 4.99 Å². The summed E-state index contributed by atoms with van der Waals surface area (Å²) in [5.74, 6) is 0.862. The van der Waals surface area contributed by atoms with Crippen molar-refractivity contribution in [3.63, 3.8) is 0 Å². The topological polar surface area (TPSA) is 54.7 Å². The fourth-order valence-electron chi connectivity index (χ4n) is 2.97. The molecule has 0 saturated carbocycles. The van der Waals surface area contributed by atoms with Crippen LogP contribution >= 0.6 is 11.6 Å². The second-order valence-electron chi connectivity index (χ2n) is 6.52. The lowest BCUT2D eigenvalue weighted by molar-refractivity contribution is 0.182. The third-order valence-electron chi connectivity index (χ3n) is 4.43. The molecule has 0 unspecified atom stereocenters. The van der Waals surface area contributed by atoms with Gasteiger partial charge >= 0.3 is 0 Å². The molecule has 1 aromatic carbocycles. The predicted octanol–water partition coefficient (Wildman–Crippen LogP) is 3.40. The van der Waals surface area contributed by atoms with Gasteiger partial charge < -0.3 is 15.0 Å². The third kappa shape index (κ3) is 5.97. The zero-order valence-electron chi connectivity index (χ0n) is 16.9. The highest BCUT2D eigenvalue weighted by molar-refractivity contribution is 6.30. The molecule has 0 aliphatic heterocycles. The molecule has 27 heavy (non-hydrogen) atoms. The molecule has 2 rings (SSSR count). The molecule has 2 aromatic rings. The SMILES string of the molecule is CCNC(=NCc1c(C)nn(CCOC)c1C)N(C)Cc1cccc(Cl)c1. The zero-order chi connectivity index (χ0) is 19.8. The molecule has 0 aliphatic carbocycles. The summed E-state index contributed by atoms with van der Waals surface area (Å²) in [5, 5.41) is 8.72. The molecule has 0 radical (unpaired) electrons. The number of hydrogen-bond acceptors (Lipinski definition) is 3. The number of hydrogen-bond donors (Lipinski definition) is 1. The summed E-state index contributed by atoms with van der Waals surface area (Å²) in [6.45, 7) is 9.72. The van der Waals surface area contributed by atoms with E-state index in [1.54, 1.807) is 7.11 Å². The van der Waals surface area contributed by atoms with Gasteiger partial charge in [0.1, 0.15) is 0 Å². The number of aliphatic imine (C=N–C) groups is 1. The van der Waals surface area contributed by atoms with Crippen LogP contribution in [0.25, 0.3) is 0 Å². The summed E-state index contributed by atoms with van der Waals surface area (Å²) in [6, 6.07) is 7.91. The number of ether oxygens (including phenoxy) is 1. The first-order valence-corrected chi connectivity index (χ1v) is 9.59. The Kier molecular flexibility index (Phi) is 8.13. The lowest BCUT2D eigenvalue weighted by atomic mass is 10.2. The van der Waals surface area contributed by atoms with Crippen LogP contribution in [0.3, 0.4) is 0 Å². The number of benzene rings is 1. The minimum absolute atomic E-state index is 0.590. The van der Waals surface area contributed by atoms with E-state index in [9.17, 15) is 0 Å². The van der Waals surface area contributed by atoms with E-state index >= 15 is 0 Å². The number of halogens is 1. The van der Waals surface area contributed by atoms with Gasteiger partial charge in [-0.05, 0) is 38.5 Å². The van der Waals surface area contributed by atoms with Gasteiger partial charge in [-0.1, -0.05) is 23.7 Å². The molecule has 0 amide bonds. The highest BCUT2D eigenvalue weighted by atomic mass is 35.5. The van der Waals surface area contributed by atoms with E-state index in [0.717, 1.165) is 53.1 Å². The van der Waals surface area contributed by atoms with Crippen LogP contribution in [0.1, 0.15) is 29.4 Å². The molecule has 0 saturated heterocycles. The molecule has 1 N–H and O–H groups in total. The zero-order valence-corrected chi connectivity index (χ0v) is 17.7. The van der Waals surface area contributed by atoms with E-state index in [1.165, 1.54) is 0 Å². The van der Waals surface area contributed by atoms with Crippen LogP contribution in [0.4, 0.5) is 0 Å². The van der Waals surface area contributed by atoms with Crippen LogP contribution in [0.5, 0.6) is 0 Å². The van der Waals surface area contributed by atoms with Crippen molar-refractivity contribution in [3.8, 4) is 0 Å². The Morgan fingerprint density at radius 2 is 2.15 bits per heavy atom. The standard InChI is InChI=1S/C20H30ClN5O/c1-6-22-20(25(4)14-17-8-7-9-18(21)12-17)23-13-19-15(2)24-26(16(19)3)10-11-27-5/h7-9,12H,6,10-11,13-14H2,1-5H3,(H,22,23). The number of aryl methyl sites for hydroxylation is 1. The van der Waals surface area contributed by atoms with Gasteiger partial charge in [0.15, 0.2) is 5.96 Å². The van der Waals surface area contributed by atoms with E-state index < -0.39 is 0 Å². The minimum atomic E-state index is 0.590. The van der Waals surface area contributed by atoms with Gasteiger partial charge in [-0.15, -0.1) is 0 Å². The number of nitrogens with one attached hydrogen (secondary N) is 1.